The lowest BCUT2D eigenvalue weighted by Gasteiger charge is -2.30. The van der Waals surface area contributed by atoms with Gasteiger partial charge in [-0.25, -0.2) is 14.4 Å². The largest absolute Gasteiger partial charge is 0.460 e. The minimum Gasteiger partial charge on any atom is -0.460 e. The molecular weight excluding hydrogens is 405 g/mol. The molecule has 3 rings (SSSR count). The number of esters is 1. The van der Waals surface area contributed by atoms with Gasteiger partial charge in [0.05, 0.1) is 0 Å². The van der Waals surface area contributed by atoms with Crippen LogP contribution in [0.5, 0.6) is 6.01 Å². The number of hydrogen-bond donors (Lipinski definition) is 2. The molecular formula is C21H24FN5O4. The molecule has 0 radical (unpaired) electrons. The number of piperidine rings is 1. The Kier molecular flexibility index (Phi) is 7.11. The number of nitrogens with two attached hydrogens (primary N) is 1. The van der Waals surface area contributed by atoms with E-state index in [1.54, 1.807) is 24.0 Å². The van der Waals surface area contributed by atoms with Crippen LogP contribution in [-0.4, -0.2) is 51.8 Å². The SMILES string of the molecule is CC(=O)N1CCC(Oc2ncc(-c3cccc(COC(=O)CC(=N)N)c3F)cn2)CC1. The highest BCUT2D eigenvalue weighted by atomic mass is 19.1. The van der Waals surface area contributed by atoms with Crippen LogP contribution in [0.1, 0.15) is 31.7 Å². The Morgan fingerprint density at radius 1 is 1.26 bits per heavy atom. The van der Waals surface area contributed by atoms with E-state index >= 15 is 0 Å². The minimum atomic E-state index is -0.698. The minimum absolute atomic E-state index is 0.0527. The number of benzene rings is 1. The standard InChI is InChI=1S/C21H24FN5O4/c1-13(28)27-7-5-16(6-8-27)31-21-25-10-15(11-26-21)17-4-2-3-14(20(17)22)12-30-19(29)9-18(23)24/h2-4,10-11,16H,5-9,12H2,1H3,(H3,23,24). The number of nitrogens with zero attached hydrogens (tertiary/aromatic N) is 3. The molecule has 0 aliphatic carbocycles. The van der Waals surface area contributed by atoms with E-state index in [1.807, 2.05) is 0 Å². The van der Waals surface area contributed by atoms with Gasteiger partial charge >= 0.3 is 12.0 Å². The molecule has 31 heavy (non-hydrogen) atoms. The third-order valence-corrected chi connectivity index (χ3v) is 4.90. The van der Waals surface area contributed by atoms with Crippen molar-refractivity contribution in [2.75, 3.05) is 13.1 Å². The maximum atomic E-state index is 14.9. The van der Waals surface area contributed by atoms with Crippen molar-refractivity contribution < 1.29 is 23.5 Å². The second-order valence-electron chi connectivity index (χ2n) is 7.22. The fourth-order valence-corrected chi connectivity index (χ4v) is 3.23. The Labute approximate surface area is 178 Å². The summed E-state index contributed by atoms with van der Waals surface area (Å²) in [7, 11) is 0. The van der Waals surface area contributed by atoms with E-state index in [4.69, 9.17) is 20.6 Å². The van der Waals surface area contributed by atoms with Gasteiger partial charge < -0.3 is 20.1 Å². The quantitative estimate of drug-likeness (QED) is 0.391. The molecule has 1 aromatic carbocycles. The number of carbonyl (C=O) groups is 2. The smallest absolute Gasteiger partial charge is 0.316 e. The number of amidine groups is 1. The first-order valence-corrected chi connectivity index (χ1v) is 9.84. The number of ether oxygens (including phenoxy) is 2. The fourth-order valence-electron chi connectivity index (χ4n) is 3.23. The van der Waals surface area contributed by atoms with Crippen molar-refractivity contribution in [3.05, 3.63) is 42.0 Å². The fraction of sp³-hybridized carbons (Fsp3) is 0.381. The van der Waals surface area contributed by atoms with E-state index in [1.165, 1.54) is 18.5 Å². The first kappa shape index (κ1) is 22.1. The van der Waals surface area contributed by atoms with Crippen LogP contribution in [0.2, 0.25) is 0 Å². The predicted octanol–water partition coefficient (Wildman–Crippen LogP) is 2.04. The van der Waals surface area contributed by atoms with Gasteiger partial charge in [0, 0.05) is 61.9 Å². The molecule has 1 aliphatic heterocycles. The van der Waals surface area contributed by atoms with E-state index in [-0.39, 0.29) is 48.0 Å². The summed E-state index contributed by atoms with van der Waals surface area (Å²) in [5.74, 6) is -1.51. The lowest BCUT2D eigenvalue weighted by molar-refractivity contribution is -0.143. The van der Waals surface area contributed by atoms with Crippen molar-refractivity contribution in [1.29, 1.82) is 5.41 Å². The molecule has 0 saturated carbocycles. The van der Waals surface area contributed by atoms with Crippen molar-refractivity contribution in [3.8, 4) is 17.1 Å². The molecule has 0 bridgehead atoms. The van der Waals surface area contributed by atoms with Gasteiger partial charge in [0.1, 0.15) is 30.8 Å². The van der Waals surface area contributed by atoms with Gasteiger partial charge in [-0.2, -0.15) is 0 Å². The van der Waals surface area contributed by atoms with Crippen LogP contribution in [0.25, 0.3) is 11.1 Å². The Morgan fingerprint density at radius 3 is 2.55 bits per heavy atom. The monoisotopic (exact) mass is 429 g/mol. The Hall–Kier alpha value is -3.56. The van der Waals surface area contributed by atoms with Crippen molar-refractivity contribution >= 4 is 17.7 Å². The average molecular weight is 429 g/mol. The van der Waals surface area contributed by atoms with Crippen LogP contribution < -0.4 is 10.5 Å². The molecule has 0 spiro atoms. The summed E-state index contributed by atoms with van der Waals surface area (Å²) in [6.45, 7) is 2.54. The number of aromatic nitrogens is 2. The van der Waals surface area contributed by atoms with Gasteiger partial charge in [-0.05, 0) is 0 Å². The normalized spacial score (nSPS) is 14.2. The van der Waals surface area contributed by atoms with Gasteiger partial charge in [0.15, 0.2) is 0 Å². The molecule has 0 atom stereocenters. The van der Waals surface area contributed by atoms with Gasteiger partial charge in [0.25, 0.3) is 0 Å². The molecule has 1 saturated heterocycles. The van der Waals surface area contributed by atoms with Crippen molar-refractivity contribution in [2.45, 2.75) is 38.9 Å². The second-order valence-corrected chi connectivity index (χ2v) is 7.22. The Bertz CT molecular complexity index is 959. The van der Waals surface area contributed by atoms with Crippen molar-refractivity contribution in [3.63, 3.8) is 0 Å². The molecule has 9 nitrogen and oxygen atoms in total. The van der Waals surface area contributed by atoms with Crippen LogP contribution in [0.4, 0.5) is 4.39 Å². The third kappa shape index (κ3) is 5.97. The number of nitrogens with one attached hydrogen (secondary N) is 1. The number of rotatable bonds is 7. The highest BCUT2D eigenvalue weighted by molar-refractivity contribution is 5.94. The second kappa shape index (κ2) is 9.96. The highest BCUT2D eigenvalue weighted by Crippen LogP contribution is 2.25. The lowest BCUT2D eigenvalue weighted by atomic mass is 10.1. The van der Waals surface area contributed by atoms with E-state index in [0.29, 0.717) is 31.5 Å². The zero-order chi connectivity index (χ0) is 22.4. The summed E-state index contributed by atoms with van der Waals surface area (Å²) < 4.78 is 25.6. The number of hydrogen-bond acceptors (Lipinski definition) is 7. The van der Waals surface area contributed by atoms with Gasteiger partial charge in [-0.3, -0.25) is 15.0 Å². The topological polar surface area (TPSA) is 131 Å². The van der Waals surface area contributed by atoms with E-state index < -0.39 is 11.8 Å². The van der Waals surface area contributed by atoms with Gasteiger partial charge in [-0.1, -0.05) is 18.2 Å². The average Bonchev–Trinajstić information content (AvgIpc) is 2.73. The van der Waals surface area contributed by atoms with E-state index in [0.717, 1.165) is 0 Å². The molecule has 0 unspecified atom stereocenters. The van der Waals surface area contributed by atoms with Gasteiger partial charge in [0.2, 0.25) is 5.91 Å². The van der Waals surface area contributed by atoms with Crippen molar-refractivity contribution in [1.82, 2.24) is 14.9 Å². The first-order valence-electron chi connectivity index (χ1n) is 9.84. The number of amides is 1. The third-order valence-electron chi connectivity index (χ3n) is 4.90. The van der Waals surface area contributed by atoms with Crippen LogP contribution in [0.15, 0.2) is 30.6 Å². The number of likely N-dealkylation sites (tertiary alicyclic amines) is 1. The number of halogens is 1. The van der Waals surface area contributed by atoms with Crippen LogP contribution in [-0.2, 0) is 20.9 Å². The molecule has 2 aromatic rings. The first-order chi connectivity index (χ1) is 14.8. The molecule has 1 fully saturated rings. The molecule has 2 heterocycles. The maximum absolute atomic E-state index is 14.9. The Morgan fingerprint density at radius 2 is 1.94 bits per heavy atom. The number of carbonyl (C=O) groups excluding carboxylic acids is 2. The molecule has 1 aliphatic rings. The van der Waals surface area contributed by atoms with E-state index in [2.05, 4.69) is 9.97 Å². The summed E-state index contributed by atoms with van der Waals surface area (Å²) in [4.78, 5) is 33.1. The lowest BCUT2D eigenvalue weighted by Crippen LogP contribution is -2.40. The summed E-state index contributed by atoms with van der Waals surface area (Å²) in [5.41, 5.74) is 6.05. The summed E-state index contributed by atoms with van der Waals surface area (Å²) >= 11 is 0. The van der Waals surface area contributed by atoms with Crippen molar-refractivity contribution in [2.24, 2.45) is 5.73 Å². The van der Waals surface area contributed by atoms with Crippen LogP contribution in [0.3, 0.4) is 0 Å². The zero-order valence-corrected chi connectivity index (χ0v) is 17.1. The molecule has 164 valence electrons. The zero-order valence-electron chi connectivity index (χ0n) is 17.1. The predicted molar refractivity (Wildman–Crippen MR) is 110 cm³/mol. The molecule has 1 aromatic heterocycles. The summed E-state index contributed by atoms with van der Waals surface area (Å²) in [6, 6.07) is 4.91. The molecule has 10 heteroatoms. The van der Waals surface area contributed by atoms with E-state index in [9.17, 15) is 14.0 Å². The van der Waals surface area contributed by atoms with Crippen LogP contribution >= 0.6 is 0 Å². The highest BCUT2D eigenvalue weighted by Gasteiger charge is 2.22. The molecule has 1 amide bonds. The molecule has 3 N–H and O–H groups in total. The Balaban J connectivity index is 1.62. The summed E-state index contributed by atoms with van der Waals surface area (Å²) in [5, 5.41) is 7.08. The summed E-state index contributed by atoms with van der Waals surface area (Å²) in [6.07, 6.45) is 3.91. The van der Waals surface area contributed by atoms with Crippen LogP contribution in [0, 0.1) is 11.2 Å². The van der Waals surface area contributed by atoms with Gasteiger partial charge in [-0.15, -0.1) is 0 Å². The maximum Gasteiger partial charge on any atom is 0.316 e.